The Bertz CT molecular complexity index is 480. The number of hydrogen-bond donors (Lipinski definition) is 2. The number of rotatable bonds is 6. The topological polar surface area (TPSA) is 58.2 Å². The van der Waals surface area contributed by atoms with Crippen molar-refractivity contribution in [2.75, 3.05) is 11.9 Å². The highest BCUT2D eigenvalue weighted by atomic mass is 79.9. The van der Waals surface area contributed by atoms with Gasteiger partial charge in [0.2, 0.25) is 0 Å². The molecule has 0 atom stereocenters. The summed E-state index contributed by atoms with van der Waals surface area (Å²) in [6.07, 6.45) is 4.06. The highest BCUT2D eigenvalue weighted by Crippen LogP contribution is 2.19. The van der Waals surface area contributed by atoms with Crippen LogP contribution in [0.1, 0.15) is 32.6 Å². The van der Waals surface area contributed by atoms with E-state index in [0.717, 1.165) is 25.7 Å². The van der Waals surface area contributed by atoms with Gasteiger partial charge in [0.15, 0.2) is 0 Å². The third-order valence-electron chi connectivity index (χ3n) is 2.70. The molecular formula is C14H18BrFN2O2. The maximum absolute atomic E-state index is 13.5. The molecule has 20 heavy (non-hydrogen) atoms. The molecule has 4 nitrogen and oxygen atoms in total. The molecule has 0 aliphatic rings. The molecule has 1 rings (SSSR count). The van der Waals surface area contributed by atoms with Gasteiger partial charge in [-0.25, -0.2) is 4.39 Å². The van der Waals surface area contributed by atoms with Gasteiger partial charge in [-0.15, -0.1) is 0 Å². The summed E-state index contributed by atoms with van der Waals surface area (Å²) in [5, 5.41) is 4.75. The number of halogens is 2. The van der Waals surface area contributed by atoms with Crippen molar-refractivity contribution in [3.05, 3.63) is 28.5 Å². The van der Waals surface area contributed by atoms with E-state index in [2.05, 4.69) is 33.5 Å². The Balaban J connectivity index is 2.39. The number of anilines is 1. The van der Waals surface area contributed by atoms with E-state index in [4.69, 9.17) is 0 Å². The first-order chi connectivity index (χ1) is 9.54. The third-order valence-corrected chi connectivity index (χ3v) is 3.19. The molecule has 0 aliphatic heterocycles. The number of amides is 2. The van der Waals surface area contributed by atoms with Crippen molar-refractivity contribution in [3.63, 3.8) is 0 Å². The first-order valence-corrected chi connectivity index (χ1v) is 7.38. The SMILES string of the molecule is CCCCCCNC(=O)C(=O)Nc1ccc(Br)cc1F. The van der Waals surface area contributed by atoms with Crippen LogP contribution in [0.5, 0.6) is 0 Å². The van der Waals surface area contributed by atoms with Crippen LogP contribution in [0.25, 0.3) is 0 Å². The van der Waals surface area contributed by atoms with Crippen molar-refractivity contribution in [2.45, 2.75) is 32.6 Å². The van der Waals surface area contributed by atoms with E-state index in [0.29, 0.717) is 11.0 Å². The summed E-state index contributed by atoms with van der Waals surface area (Å²) < 4.78 is 14.1. The van der Waals surface area contributed by atoms with Crippen LogP contribution in [0.3, 0.4) is 0 Å². The molecule has 0 aromatic heterocycles. The molecule has 0 radical (unpaired) electrons. The van der Waals surface area contributed by atoms with Gasteiger partial charge in [-0.2, -0.15) is 0 Å². The fraction of sp³-hybridized carbons (Fsp3) is 0.429. The molecule has 6 heteroatoms. The van der Waals surface area contributed by atoms with Crippen LogP contribution in [0.2, 0.25) is 0 Å². The summed E-state index contributed by atoms with van der Waals surface area (Å²) in [6.45, 7) is 2.55. The molecular weight excluding hydrogens is 327 g/mol. The Morgan fingerprint density at radius 2 is 1.95 bits per heavy atom. The van der Waals surface area contributed by atoms with E-state index in [1.165, 1.54) is 12.1 Å². The number of benzene rings is 1. The standard InChI is InChI=1S/C14H18BrFN2O2/c1-2-3-4-5-8-17-13(19)14(20)18-12-7-6-10(15)9-11(12)16/h6-7,9H,2-5,8H2,1H3,(H,17,19)(H,18,20). The van der Waals surface area contributed by atoms with Crippen LogP contribution >= 0.6 is 15.9 Å². The highest BCUT2D eigenvalue weighted by Gasteiger charge is 2.14. The molecule has 0 heterocycles. The van der Waals surface area contributed by atoms with Crippen LogP contribution in [-0.2, 0) is 9.59 Å². The molecule has 0 saturated heterocycles. The third kappa shape index (κ3) is 5.69. The number of hydrogen-bond acceptors (Lipinski definition) is 2. The van der Waals surface area contributed by atoms with Crippen molar-refractivity contribution in [2.24, 2.45) is 0 Å². The van der Waals surface area contributed by atoms with Crippen LogP contribution in [0.15, 0.2) is 22.7 Å². The van der Waals surface area contributed by atoms with Crippen LogP contribution in [-0.4, -0.2) is 18.4 Å². The average molecular weight is 345 g/mol. The van der Waals surface area contributed by atoms with E-state index >= 15 is 0 Å². The van der Waals surface area contributed by atoms with Gasteiger partial charge < -0.3 is 10.6 Å². The Kier molecular flexibility index (Phi) is 7.22. The molecule has 0 aliphatic carbocycles. The average Bonchev–Trinajstić information content (AvgIpc) is 2.41. The fourth-order valence-electron chi connectivity index (χ4n) is 1.60. The first kappa shape index (κ1) is 16.6. The number of carbonyl (C=O) groups excluding carboxylic acids is 2. The lowest BCUT2D eigenvalue weighted by molar-refractivity contribution is -0.136. The minimum absolute atomic E-state index is 0.0145. The van der Waals surface area contributed by atoms with Gasteiger partial charge in [-0.3, -0.25) is 9.59 Å². The van der Waals surface area contributed by atoms with Gasteiger partial charge in [0.05, 0.1) is 5.69 Å². The largest absolute Gasteiger partial charge is 0.348 e. The van der Waals surface area contributed by atoms with Gasteiger partial charge in [-0.1, -0.05) is 42.1 Å². The van der Waals surface area contributed by atoms with E-state index in [1.54, 1.807) is 6.07 Å². The maximum Gasteiger partial charge on any atom is 0.313 e. The number of unbranched alkanes of at least 4 members (excludes halogenated alkanes) is 3. The van der Waals surface area contributed by atoms with Crippen molar-refractivity contribution in [3.8, 4) is 0 Å². The Morgan fingerprint density at radius 1 is 1.20 bits per heavy atom. The normalized spacial score (nSPS) is 10.2. The molecule has 2 amide bonds. The second-order valence-corrected chi connectivity index (χ2v) is 5.31. The molecule has 0 bridgehead atoms. The zero-order valence-corrected chi connectivity index (χ0v) is 12.9. The molecule has 0 spiro atoms. The Labute approximate surface area is 126 Å². The monoisotopic (exact) mass is 344 g/mol. The fourth-order valence-corrected chi connectivity index (χ4v) is 1.94. The van der Waals surface area contributed by atoms with E-state index in [1.807, 2.05) is 0 Å². The lowest BCUT2D eigenvalue weighted by Gasteiger charge is -2.07. The lowest BCUT2D eigenvalue weighted by atomic mass is 10.2. The molecule has 0 saturated carbocycles. The second kappa shape index (κ2) is 8.68. The molecule has 0 fully saturated rings. The van der Waals surface area contributed by atoms with Gasteiger partial charge in [-0.05, 0) is 24.6 Å². The maximum atomic E-state index is 13.5. The summed E-state index contributed by atoms with van der Waals surface area (Å²) in [4.78, 5) is 23.1. The summed E-state index contributed by atoms with van der Waals surface area (Å²) in [7, 11) is 0. The van der Waals surface area contributed by atoms with Crippen LogP contribution < -0.4 is 10.6 Å². The highest BCUT2D eigenvalue weighted by molar-refractivity contribution is 9.10. The second-order valence-electron chi connectivity index (χ2n) is 4.39. The minimum Gasteiger partial charge on any atom is -0.348 e. The first-order valence-electron chi connectivity index (χ1n) is 6.58. The minimum atomic E-state index is -0.860. The zero-order valence-electron chi connectivity index (χ0n) is 11.3. The molecule has 2 N–H and O–H groups in total. The predicted molar refractivity (Wildman–Crippen MR) is 79.9 cm³/mol. The zero-order chi connectivity index (χ0) is 15.0. The van der Waals surface area contributed by atoms with Crippen LogP contribution in [0.4, 0.5) is 10.1 Å². The molecule has 1 aromatic rings. The van der Waals surface area contributed by atoms with Gasteiger partial charge in [0, 0.05) is 11.0 Å². The van der Waals surface area contributed by atoms with Crippen molar-refractivity contribution in [1.29, 1.82) is 0 Å². The molecule has 0 unspecified atom stereocenters. The Morgan fingerprint density at radius 3 is 2.60 bits per heavy atom. The predicted octanol–water partition coefficient (Wildman–Crippen LogP) is 3.22. The van der Waals surface area contributed by atoms with Gasteiger partial charge in [0.25, 0.3) is 0 Å². The van der Waals surface area contributed by atoms with Gasteiger partial charge >= 0.3 is 11.8 Å². The summed E-state index contributed by atoms with van der Waals surface area (Å²) in [6, 6.07) is 4.20. The van der Waals surface area contributed by atoms with Crippen molar-refractivity contribution >= 4 is 33.4 Å². The van der Waals surface area contributed by atoms with E-state index in [-0.39, 0.29) is 5.69 Å². The lowest BCUT2D eigenvalue weighted by Crippen LogP contribution is -2.36. The molecule has 1 aromatic carbocycles. The number of carbonyl (C=O) groups is 2. The van der Waals surface area contributed by atoms with E-state index in [9.17, 15) is 14.0 Å². The summed E-state index contributed by atoms with van der Waals surface area (Å²) in [5.41, 5.74) is -0.0145. The van der Waals surface area contributed by atoms with E-state index < -0.39 is 17.6 Å². The molecule has 110 valence electrons. The quantitative estimate of drug-likeness (QED) is 0.614. The summed E-state index contributed by atoms with van der Waals surface area (Å²) >= 11 is 3.11. The van der Waals surface area contributed by atoms with Crippen molar-refractivity contribution < 1.29 is 14.0 Å². The Hall–Kier alpha value is -1.43. The summed E-state index contributed by atoms with van der Waals surface area (Å²) in [5.74, 6) is -2.20. The smallest absolute Gasteiger partial charge is 0.313 e. The van der Waals surface area contributed by atoms with Gasteiger partial charge in [0.1, 0.15) is 5.82 Å². The van der Waals surface area contributed by atoms with Crippen molar-refractivity contribution in [1.82, 2.24) is 5.32 Å². The number of nitrogens with one attached hydrogen (secondary N) is 2. The van der Waals surface area contributed by atoms with Crippen LogP contribution in [0, 0.1) is 5.82 Å².